The molecule has 8 nitrogen and oxygen atoms in total. The summed E-state index contributed by atoms with van der Waals surface area (Å²) in [5, 5.41) is 1.02. The zero-order chi connectivity index (χ0) is 61.7. The van der Waals surface area contributed by atoms with Crippen LogP contribution in [0, 0.1) is 6.92 Å². The summed E-state index contributed by atoms with van der Waals surface area (Å²) in [5.41, 5.74) is -12.4. The average Bonchev–Trinajstić information content (AvgIpc) is 3.22. The molecule has 1 amide bonds. The van der Waals surface area contributed by atoms with Crippen molar-refractivity contribution < 1.29 is 186 Å². The van der Waals surface area contributed by atoms with Gasteiger partial charge < -0.3 is 10.1 Å². The number of aryl methyl sites for hydroxylation is 1. The lowest BCUT2D eigenvalue weighted by atomic mass is 9.81. The van der Waals surface area contributed by atoms with E-state index in [0.29, 0.717) is 13.8 Å². The molecule has 0 radical (unpaired) electrons. The molecule has 0 atom stereocenters. The first-order valence-corrected chi connectivity index (χ1v) is 17.1. The molecule has 1 aromatic carbocycles. The van der Waals surface area contributed by atoms with Crippen molar-refractivity contribution in [3.63, 3.8) is 0 Å². The van der Waals surface area contributed by atoms with Crippen molar-refractivity contribution in [3.05, 3.63) is 22.8 Å². The standard InChI is InChI=1S/C31H10F37N3O5/c1-7-3-9(69-4-72)11(10(12(7)70-5-73)13(75)71-6-76-8(2)74)14(32,33)15(34,35)16(36,37)17(38,39)18(40,41)19(42,43)20(44,45)21(46,47)22(48,49)23(50,51)24(52,53)25(54,55)26(56,57)27(58,59)28(60,61)29(62,63)30(64,65)31(66,67)68/h3H,6H2,1-2H3,(H,71,75). The summed E-state index contributed by atoms with van der Waals surface area (Å²) in [5.74, 6) is -174. The third-order valence-electron chi connectivity index (χ3n) is 9.51. The molecule has 0 fully saturated rings. The van der Waals surface area contributed by atoms with Crippen LogP contribution in [0.15, 0.2) is 16.1 Å². The molecule has 76 heavy (non-hydrogen) atoms. The first-order valence-electron chi connectivity index (χ1n) is 17.1. The number of nitrogens with zero attached hydrogens (tertiary/aromatic N) is 2. The molecular weight excluding hydrogens is 1200 g/mol. The van der Waals surface area contributed by atoms with Crippen molar-refractivity contribution in [1.29, 1.82) is 0 Å². The topological polar surface area (TPSA) is 114 Å². The van der Waals surface area contributed by atoms with E-state index in [-0.39, 0.29) is 12.2 Å². The van der Waals surface area contributed by atoms with Crippen molar-refractivity contribution in [2.24, 2.45) is 9.98 Å². The summed E-state index contributed by atoms with van der Waals surface area (Å²) < 4.78 is 528. The molecule has 45 heteroatoms. The SMILES string of the molecule is CC(=O)OCNC(=O)c1c(N=C=O)c(C)cc(N=C=O)c1C(F)(F)C(F)(F)C(F)(F)C(F)(F)C(F)(F)C(F)(F)C(F)(F)C(F)(F)C(F)(F)C(F)(F)C(F)(F)C(F)(F)C(F)(F)C(F)(F)C(F)(F)C(F)(F)C(F)(F)C(F)(F)F. The number of alkyl halides is 37. The van der Waals surface area contributed by atoms with E-state index >= 15 is 17.6 Å². The number of benzene rings is 1. The molecule has 1 N–H and O–H groups in total. The summed E-state index contributed by atoms with van der Waals surface area (Å²) in [6.07, 6.45) is -8.18. The summed E-state index contributed by atoms with van der Waals surface area (Å²) in [6.45, 7) is -1.000. The van der Waals surface area contributed by atoms with Gasteiger partial charge in [0.25, 0.3) is 5.91 Å². The maximum atomic E-state index is 15.7. The summed E-state index contributed by atoms with van der Waals surface area (Å²) >= 11 is 0. The number of hydrogen-bond donors (Lipinski definition) is 1. The Hall–Kier alpha value is -5.67. The van der Waals surface area contributed by atoms with Crippen LogP contribution < -0.4 is 5.32 Å². The molecule has 0 aliphatic rings. The van der Waals surface area contributed by atoms with E-state index in [4.69, 9.17) is 0 Å². The van der Waals surface area contributed by atoms with E-state index in [1.165, 1.54) is 0 Å². The van der Waals surface area contributed by atoms with Crippen LogP contribution in [0.2, 0.25) is 0 Å². The second-order valence-corrected chi connectivity index (χ2v) is 14.3. The molecule has 0 aliphatic carbocycles. The second-order valence-electron chi connectivity index (χ2n) is 14.3. The van der Waals surface area contributed by atoms with E-state index in [2.05, 4.69) is 14.7 Å². The largest absolute Gasteiger partial charge is 0.460 e. The number of halogens is 37. The fourth-order valence-corrected chi connectivity index (χ4v) is 5.24. The third kappa shape index (κ3) is 8.64. The molecule has 0 heterocycles. The van der Waals surface area contributed by atoms with Crippen LogP contribution in [0.3, 0.4) is 0 Å². The number of rotatable bonds is 22. The smallest absolute Gasteiger partial charge is 0.445 e. The molecule has 0 spiro atoms. The van der Waals surface area contributed by atoms with Gasteiger partial charge in [0.2, 0.25) is 12.2 Å². The fraction of sp³-hybridized carbons (Fsp3) is 0.677. The molecule has 0 aliphatic heterocycles. The average molecular weight is 1210 g/mol. The van der Waals surface area contributed by atoms with Gasteiger partial charge in [-0.25, -0.2) is 9.59 Å². The predicted octanol–water partition coefficient (Wildman–Crippen LogP) is 13.0. The van der Waals surface area contributed by atoms with Gasteiger partial charge in [-0.05, 0) is 18.6 Å². The van der Waals surface area contributed by atoms with Crippen molar-refractivity contribution in [3.8, 4) is 0 Å². The van der Waals surface area contributed by atoms with Gasteiger partial charge in [-0.1, -0.05) is 0 Å². The number of amides is 1. The lowest BCUT2D eigenvalue weighted by Crippen LogP contribution is -2.80. The van der Waals surface area contributed by atoms with Crippen LogP contribution in [-0.2, 0) is 25.0 Å². The Balaban J connectivity index is 4.36. The number of aliphatic imine (C=N–C) groups is 2. The molecule has 0 saturated carbocycles. The van der Waals surface area contributed by atoms with Crippen LogP contribution in [-0.4, -0.2) is 132 Å². The summed E-state index contributed by atoms with van der Waals surface area (Å²) in [4.78, 5) is 50.0. The molecule has 438 valence electrons. The first kappa shape index (κ1) is 68.3. The van der Waals surface area contributed by atoms with Crippen LogP contribution in [0.1, 0.15) is 28.4 Å². The van der Waals surface area contributed by atoms with E-state index in [1.807, 2.05) is 0 Å². The highest BCUT2D eigenvalue weighted by Crippen LogP contribution is 2.71. The highest BCUT2D eigenvalue weighted by atomic mass is 19.4. The number of carbonyl (C=O) groups is 2. The first-order chi connectivity index (χ1) is 32.9. The van der Waals surface area contributed by atoms with Gasteiger partial charge in [-0.3, -0.25) is 9.59 Å². The molecule has 1 aromatic rings. The normalized spacial score (nSPS) is 15.5. The van der Waals surface area contributed by atoms with Gasteiger partial charge >= 0.3 is 113 Å². The molecule has 0 bridgehead atoms. The Labute approximate surface area is 388 Å². The zero-order valence-corrected chi connectivity index (χ0v) is 34.2. The molecule has 0 aromatic heterocycles. The Morgan fingerprint density at radius 1 is 0.434 bits per heavy atom. The predicted molar refractivity (Wildman–Crippen MR) is 160 cm³/mol. The number of carbonyl (C=O) groups excluding carboxylic acids is 4. The number of ether oxygens (including phenoxy) is 1. The minimum Gasteiger partial charge on any atom is -0.445 e. The maximum Gasteiger partial charge on any atom is 0.460 e. The summed E-state index contributed by atoms with van der Waals surface area (Å²) in [7, 11) is 0. The van der Waals surface area contributed by atoms with Gasteiger partial charge in [-0.2, -0.15) is 172 Å². The minimum absolute atomic E-state index is 0.0579. The van der Waals surface area contributed by atoms with E-state index in [1.54, 1.807) is 0 Å². The second kappa shape index (κ2) is 18.8. The minimum atomic E-state index is -10.6. The van der Waals surface area contributed by atoms with Crippen LogP contribution in [0.5, 0.6) is 0 Å². The zero-order valence-electron chi connectivity index (χ0n) is 34.2. The van der Waals surface area contributed by atoms with E-state index in [9.17, 15) is 164 Å². The van der Waals surface area contributed by atoms with Gasteiger partial charge in [0.1, 0.15) is 0 Å². The van der Waals surface area contributed by atoms with E-state index < -0.39 is 160 Å². The van der Waals surface area contributed by atoms with Crippen molar-refractivity contribution in [1.82, 2.24) is 5.32 Å². The number of hydrogen-bond acceptors (Lipinski definition) is 7. The molecule has 0 unspecified atom stereocenters. The van der Waals surface area contributed by atoms with E-state index in [0.717, 1.165) is 5.32 Å². The number of esters is 1. The van der Waals surface area contributed by atoms with Crippen LogP contribution in [0.4, 0.5) is 174 Å². The maximum absolute atomic E-state index is 15.7. The Kier molecular flexibility index (Phi) is 16.9. The van der Waals surface area contributed by atoms with Crippen molar-refractivity contribution in [2.75, 3.05) is 6.73 Å². The molecule has 1 rings (SSSR count). The quantitative estimate of drug-likeness (QED) is 0.0408. The van der Waals surface area contributed by atoms with Gasteiger partial charge in [0.15, 0.2) is 6.73 Å². The highest BCUT2D eigenvalue weighted by molar-refractivity contribution is 6.03. The lowest BCUT2D eigenvalue weighted by Gasteiger charge is -2.47. The van der Waals surface area contributed by atoms with Gasteiger partial charge in [-0.15, -0.1) is 0 Å². The third-order valence-corrected chi connectivity index (χ3v) is 9.51. The number of nitrogens with one attached hydrogen (secondary N) is 1. The van der Waals surface area contributed by atoms with Gasteiger partial charge in [0.05, 0.1) is 22.5 Å². The monoisotopic (exact) mass is 1210 g/mol. The summed E-state index contributed by atoms with van der Waals surface area (Å²) in [6, 6.07) is -0.458. The van der Waals surface area contributed by atoms with Crippen molar-refractivity contribution >= 4 is 35.4 Å². The number of isocyanates is 2. The van der Waals surface area contributed by atoms with Crippen LogP contribution >= 0.6 is 0 Å². The van der Waals surface area contributed by atoms with Crippen LogP contribution in [0.25, 0.3) is 0 Å². The molecule has 0 saturated heterocycles. The van der Waals surface area contributed by atoms with Gasteiger partial charge in [0, 0.05) is 6.92 Å². The highest BCUT2D eigenvalue weighted by Gasteiger charge is 3.02. The Morgan fingerprint density at radius 2 is 0.684 bits per heavy atom. The van der Waals surface area contributed by atoms with Crippen molar-refractivity contribution in [2.45, 2.75) is 121 Å². The Bertz CT molecular complexity index is 2500. The Morgan fingerprint density at radius 3 is 0.921 bits per heavy atom. The lowest BCUT2D eigenvalue weighted by molar-refractivity contribution is -0.493. The molecular formula is C31H10F37N3O5. The fourth-order valence-electron chi connectivity index (χ4n) is 5.24.